The smallest absolute Gasteiger partial charge is 0.316 e. The van der Waals surface area contributed by atoms with Gasteiger partial charge in [-0.15, -0.1) is 11.8 Å². The minimum absolute atomic E-state index is 0.00544. The van der Waals surface area contributed by atoms with Crippen molar-refractivity contribution in [2.45, 2.75) is 18.6 Å². The molecule has 8 nitrogen and oxygen atoms in total. The fourth-order valence-electron chi connectivity index (χ4n) is 2.34. The molecular formula is C16H20N2O6S2. The lowest BCUT2D eigenvalue weighted by atomic mass is 10.2. The van der Waals surface area contributed by atoms with Crippen molar-refractivity contribution < 1.29 is 27.5 Å². The quantitative estimate of drug-likeness (QED) is 0.657. The fraction of sp³-hybridized carbons (Fsp3) is 0.438. The zero-order valence-corrected chi connectivity index (χ0v) is 15.8. The van der Waals surface area contributed by atoms with Crippen LogP contribution in [0.25, 0.3) is 0 Å². The Morgan fingerprint density at radius 2 is 1.92 bits per heavy atom. The average Bonchev–Trinajstić information content (AvgIpc) is 2.90. The van der Waals surface area contributed by atoms with Crippen LogP contribution in [0, 0.1) is 0 Å². The van der Waals surface area contributed by atoms with Crippen LogP contribution < -0.4 is 10.6 Å². The summed E-state index contributed by atoms with van der Waals surface area (Å²) in [5.74, 6) is -1.07. The van der Waals surface area contributed by atoms with E-state index in [0.29, 0.717) is 17.8 Å². The molecule has 1 fully saturated rings. The number of carbonyl (C=O) groups is 3. The molecule has 0 unspecified atom stereocenters. The van der Waals surface area contributed by atoms with Gasteiger partial charge in [-0.2, -0.15) is 0 Å². The minimum Gasteiger partial charge on any atom is -0.455 e. The molecule has 0 saturated carbocycles. The van der Waals surface area contributed by atoms with Gasteiger partial charge in [0.1, 0.15) is 0 Å². The second kappa shape index (κ2) is 9.04. The van der Waals surface area contributed by atoms with Crippen molar-refractivity contribution in [2.24, 2.45) is 0 Å². The van der Waals surface area contributed by atoms with Gasteiger partial charge in [-0.25, -0.2) is 8.42 Å². The van der Waals surface area contributed by atoms with Crippen molar-refractivity contribution in [3.05, 3.63) is 24.3 Å². The summed E-state index contributed by atoms with van der Waals surface area (Å²) in [4.78, 5) is 34.5. The van der Waals surface area contributed by atoms with Crippen LogP contribution in [0.5, 0.6) is 0 Å². The summed E-state index contributed by atoms with van der Waals surface area (Å²) in [7, 11) is -2.98. The molecule has 0 spiro atoms. The molecule has 2 amide bonds. The number of sulfone groups is 1. The monoisotopic (exact) mass is 400 g/mol. The third-order valence-corrected chi connectivity index (χ3v) is 6.71. The van der Waals surface area contributed by atoms with E-state index < -0.39 is 28.3 Å². The van der Waals surface area contributed by atoms with Gasteiger partial charge in [-0.1, -0.05) is 6.07 Å². The van der Waals surface area contributed by atoms with Crippen molar-refractivity contribution in [3.8, 4) is 0 Å². The largest absolute Gasteiger partial charge is 0.455 e. The highest BCUT2D eigenvalue weighted by molar-refractivity contribution is 8.02. The Hall–Kier alpha value is -2.07. The number of amides is 2. The van der Waals surface area contributed by atoms with E-state index in [2.05, 4.69) is 10.6 Å². The number of nitrogens with one attached hydrogen (secondary N) is 2. The standard InChI is InChI=1S/C16H20N2O6S2/c1-11(19)17-12-3-2-4-13(7-12)18-15(20)8-24-16(21)9-25-14-5-6-26(22,23)10-14/h2-4,7,14H,5-6,8-10H2,1H3,(H,17,19)(H,18,20)/t14-/m1/s1. The molecule has 2 rings (SSSR count). The maximum absolute atomic E-state index is 11.8. The maximum Gasteiger partial charge on any atom is 0.316 e. The second-order valence-corrected chi connectivity index (χ2v) is 9.32. The predicted octanol–water partition coefficient (Wildman–Crippen LogP) is 1.05. The fourth-order valence-corrected chi connectivity index (χ4v) is 5.78. The van der Waals surface area contributed by atoms with Crippen LogP contribution in [0.15, 0.2) is 24.3 Å². The summed E-state index contributed by atoms with van der Waals surface area (Å²) in [5.41, 5.74) is 0.998. The SMILES string of the molecule is CC(=O)Nc1cccc(NC(=O)COC(=O)CS[C@@H]2CCS(=O)(=O)C2)c1. The van der Waals surface area contributed by atoms with Crippen LogP contribution in [0.1, 0.15) is 13.3 Å². The van der Waals surface area contributed by atoms with Crippen molar-refractivity contribution in [1.29, 1.82) is 0 Å². The van der Waals surface area contributed by atoms with E-state index in [1.165, 1.54) is 18.7 Å². The Kier molecular flexibility index (Phi) is 7.04. The molecule has 1 aliphatic rings. The molecule has 1 aliphatic heterocycles. The van der Waals surface area contributed by atoms with Gasteiger partial charge >= 0.3 is 5.97 Å². The molecule has 0 aliphatic carbocycles. The lowest BCUT2D eigenvalue weighted by Gasteiger charge is -2.09. The number of ether oxygens (including phenoxy) is 1. The zero-order chi connectivity index (χ0) is 19.2. The number of hydrogen-bond donors (Lipinski definition) is 2. The third kappa shape index (κ3) is 7.04. The molecule has 2 N–H and O–H groups in total. The normalized spacial score (nSPS) is 18.1. The molecule has 0 radical (unpaired) electrons. The highest BCUT2D eigenvalue weighted by Crippen LogP contribution is 2.24. The van der Waals surface area contributed by atoms with Gasteiger partial charge in [0.15, 0.2) is 16.4 Å². The molecule has 0 bridgehead atoms. The van der Waals surface area contributed by atoms with Crippen LogP contribution in [-0.2, 0) is 29.0 Å². The van der Waals surface area contributed by atoms with Crippen LogP contribution >= 0.6 is 11.8 Å². The molecule has 1 aromatic rings. The van der Waals surface area contributed by atoms with Crippen molar-refractivity contribution in [1.82, 2.24) is 0 Å². The van der Waals surface area contributed by atoms with Gasteiger partial charge in [-0.05, 0) is 24.6 Å². The summed E-state index contributed by atoms with van der Waals surface area (Å²) in [6.07, 6.45) is 0.533. The Morgan fingerprint density at radius 1 is 1.23 bits per heavy atom. The molecule has 26 heavy (non-hydrogen) atoms. The molecule has 1 saturated heterocycles. The molecule has 10 heteroatoms. The maximum atomic E-state index is 11.8. The van der Waals surface area contributed by atoms with Gasteiger partial charge in [0.25, 0.3) is 5.91 Å². The first kappa shape index (κ1) is 20.2. The highest BCUT2D eigenvalue weighted by atomic mass is 32.2. The van der Waals surface area contributed by atoms with Crippen molar-refractivity contribution in [3.63, 3.8) is 0 Å². The Labute approximate surface area is 156 Å². The first-order valence-electron chi connectivity index (χ1n) is 7.89. The summed E-state index contributed by atoms with van der Waals surface area (Å²) in [6, 6.07) is 6.57. The van der Waals surface area contributed by atoms with Crippen LogP contribution in [-0.4, -0.2) is 55.3 Å². The zero-order valence-electron chi connectivity index (χ0n) is 14.2. The number of hydrogen-bond acceptors (Lipinski definition) is 7. The minimum atomic E-state index is -2.98. The Morgan fingerprint density at radius 3 is 2.54 bits per heavy atom. The molecule has 1 aromatic carbocycles. The molecule has 1 heterocycles. The second-order valence-electron chi connectivity index (χ2n) is 5.81. The van der Waals surface area contributed by atoms with Gasteiger partial charge in [0.2, 0.25) is 5.91 Å². The summed E-state index contributed by atoms with van der Waals surface area (Å²) in [6.45, 7) is 0.941. The predicted molar refractivity (Wildman–Crippen MR) is 99.9 cm³/mol. The third-order valence-electron chi connectivity index (χ3n) is 3.46. The number of thioether (sulfide) groups is 1. The van der Waals surface area contributed by atoms with E-state index in [1.54, 1.807) is 24.3 Å². The summed E-state index contributed by atoms with van der Waals surface area (Å²) >= 11 is 1.23. The van der Waals surface area contributed by atoms with Gasteiger partial charge < -0.3 is 15.4 Å². The Bertz CT molecular complexity index is 794. The number of carbonyl (C=O) groups excluding carboxylic acids is 3. The van der Waals surface area contributed by atoms with Crippen molar-refractivity contribution in [2.75, 3.05) is 34.5 Å². The van der Waals surface area contributed by atoms with E-state index in [0.717, 1.165) is 0 Å². The topological polar surface area (TPSA) is 119 Å². The molecule has 142 valence electrons. The van der Waals surface area contributed by atoms with Crippen LogP contribution in [0.2, 0.25) is 0 Å². The van der Waals surface area contributed by atoms with E-state index in [4.69, 9.17) is 4.74 Å². The lowest BCUT2D eigenvalue weighted by molar-refractivity contribution is -0.144. The van der Waals surface area contributed by atoms with Crippen LogP contribution in [0.4, 0.5) is 11.4 Å². The first-order chi connectivity index (χ1) is 12.2. The van der Waals surface area contributed by atoms with Gasteiger partial charge in [-0.3, -0.25) is 14.4 Å². The Balaban J connectivity index is 1.71. The van der Waals surface area contributed by atoms with Gasteiger partial charge in [0, 0.05) is 23.5 Å². The van der Waals surface area contributed by atoms with E-state index >= 15 is 0 Å². The molecule has 1 atom stereocenters. The van der Waals surface area contributed by atoms with Crippen LogP contribution in [0.3, 0.4) is 0 Å². The summed E-state index contributed by atoms with van der Waals surface area (Å²) in [5, 5.41) is 5.06. The van der Waals surface area contributed by atoms with E-state index in [-0.39, 0.29) is 28.4 Å². The summed E-state index contributed by atoms with van der Waals surface area (Å²) < 4.78 is 27.6. The molecule has 0 aromatic heterocycles. The first-order valence-corrected chi connectivity index (χ1v) is 10.8. The number of benzene rings is 1. The van der Waals surface area contributed by atoms with E-state index in [9.17, 15) is 22.8 Å². The number of esters is 1. The highest BCUT2D eigenvalue weighted by Gasteiger charge is 2.28. The number of anilines is 2. The van der Waals surface area contributed by atoms with Crippen molar-refractivity contribution >= 4 is 50.8 Å². The lowest BCUT2D eigenvalue weighted by Crippen LogP contribution is -2.22. The number of rotatable bonds is 7. The molecular weight excluding hydrogens is 380 g/mol. The average molecular weight is 400 g/mol. The van der Waals surface area contributed by atoms with Gasteiger partial charge in [0.05, 0.1) is 17.3 Å². The van der Waals surface area contributed by atoms with E-state index in [1.807, 2.05) is 0 Å².